The fourth-order valence-electron chi connectivity index (χ4n) is 3.01. The van der Waals surface area contributed by atoms with E-state index in [1.54, 1.807) is 18.2 Å². The minimum absolute atomic E-state index is 0.122. The number of benzene rings is 1. The summed E-state index contributed by atoms with van der Waals surface area (Å²) < 4.78 is 0. The lowest BCUT2D eigenvalue weighted by Gasteiger charge is -2.35. The van der Waals surface area contributed by atoms with Crippen molar-refractivity contribution in [2.75, 3.05) is 37.6 Å². The normalized spacial score (nSPS) is 14.7. The molecule has 2 rings (SSSR count). The molecule has 7 heteroatoms. The molecule has 0 spiro atoms. The number of nitrogens with two attached hydrogens (primary N) is 1. The molecular weight excluding hydrogens is 308 g/mol. The molecule has 1 saturated heterocycles. The molecule has 0 atom stereocenters. The molecule has 132 valence electrons. The maximum atomic E-state index is 12.2. The van der Waals surface area contributed by atoms with Crippen molar-refractivity contribution in [2.45, 2.75) is 32.1 Å². The second-order valence-electron chi connectivity index (χ2n) is 6.07. The Hall–Kier alpha value is -2.15. The number of nitro benzene ring substituents is 1. The summed E-state index contributed by atoms with van der Waals surface area (Å²) in [5.74, 6) is 0.185. The van der Waals surface area contributed by atoms with Gasteiger partial charge in [-0.15, -0.1) is 0 Å². The average molecular weight is 334 g/mol. The fraction of sp³-hybridized carbons (Fsp3) is 0.588. The van der Waals surface area contributed by atoms with Gasteiger partial charge in [0.25, 0.3) is 5.69 Å². The van der Waals surface area contributed by atoms with Crippen molar-refractivity contribution in [1.29, 1.82) is 0 Å². The van der Waals surface area contributed by atoms with Crippen LogP contribution in [-0.4, -0.2) is 48.5 Å². The van der Waals surface area contributed by atoms with Gasteiger partial charge in [-0.05, 0) is 25.5 Å². The maximum Gasteiger partial charge on any atom is 0.292 e. The summed E-state index contributed by atoms with van der Waals surface area (Å²) in [6.45, 7) is 3.20. The number of unbranched alkanes of at least 4 members (excludes halogenated alkanes) is 3. The minimum atomic E-state index is -0.353. The van der Waals surface area contributed by atoms with Gasteiger partial charge in [-0.25, -0.2) is 0 Å². The van der Waals surface area contributed by atoms with Crippen LogP contribution in [0.4, 0.5) is 11.4 Å². The number of anilines is 1. The molecule has 1 amide bonds. The van der Waals surface area contributed by atoms with E-state index < -0.39 is 0 Å². The van der Waals surface area contributed by atoms with Crippen LogP contribution in [0, 0.1) is 10.1 Å². The van der Waals surface area contributed by atoms with Gasteiger partial charge in [0.05, 0.1) is 4.92 Å². The van der Waals surface area contributed by atoms with Gasteiger partial charge in [-0.3, -0.25) is 14.9 Å². The SMILES string of the molecule is NCCCCCCC(=O)N1CCN(c2ccccc2[N+](=O)[O-])CC1. The first-order chi connectivity index (χ1) is 11.6. The molecule has 0 bridgehead atoms. The number of nitro groups is 1. The number of hydrogen-bond acceptors (Lipinski definition) is 5. The van der Waals surface area contributed by atoms with Crippen LogP contribution >= 0.6 is 0 Å². The predicted molar refractivity (Wildman–Crippen MR) is 94.0 cm³/mol. The third-order valence-electron chi connectivity index (χ3n) is 4.40. The zero-order chi connectivity index (χ0) is 17.4. The maximum absolute atomic E-state index is 12.2. The average Bonchev–Trinajstić information content (AvgIpc) is 2.61. The molecule has 1 aromatic rings. The lowest BCUT2D eigenvalue weighted by Crippen LogP contribution is -2.48. The third-order valence-corrected chi connectivity index (χ3v) is 4.40. The molecule has 0 aliphatic carbocycles. The number of rotatable bonds is 8. The highest BCUT2D eigenvalue weighted by atomic mass is 16.6. The molecule has 1 aromatic carbocycles. The second-order valence-corrected chi connectivity index (χ2v) is 6.07. The molecule has 1 aliphatic rings. The quantitative estimate of drug-likeness (QED) is 0.447. The third kappa shape index (κ3) is 4.92. The molecule has 1 fully saturated rings. The van der Waals surface area contributed by atoms with Gasteiger partial charge in [0.1, 0.15) is 5.69 Å². The summed E-state index contributed by atoms with van der Waals surface area (Å²) in [6.07, 6.45) is 4.62. The molecular formula is C17H26N4O3. The zero-order valence-electron chi connectivity index (χ0n) is 14.0. The van der Waals surface area contributed by atoms with Crippen LogP contribution in [0.15, 0.2) is 24.3 Å². The van der Waals surface area contributed by atoms with E-state index in [1.165, 1.54) is 6.07 Å². The van der Waals surface area contributed by atoms with Crippen LogP contribution in [-0.2, 0) is 4.79 Å². The van der Waals surface area contributed by atoms with Crippen molar-refractivity contribution in [3.63, 3.8) is 0 Å². The first-order valence-electron chi connectivity index (χ1n) is 8.59. The Balaban J connectivity index is 1.81. The van der Waals surface area contributed by atoms with Crippen LogP contribution in [0.5, 0.6) is 0 Å². The van der Waals surface area contributed by atoms with Gasteiger partial charge >= 0.3 is 0 Å². The largest absolute Gasteiger partial charge is 0.362 e. The Morgan fingerprint density at radius 1 is 1.08 bits per heavy atom. The molecule has 0 aromatic heterocycles. The van der Waals surface area contributed by atoms with E-state index in [0.717, 1.165) is 25.7 Å². The van der Waals surface area contributed by atoms with Crippen molar-refractivity contribution in [1.82, 2.24) is 4.90 Å². The van der Waals surface area contributed by atoms with Crippen molar-refractivity contribution in [2.24, 2.45) is 5.73 Å². The Kier molecular flexibility index (Phi) is 6.99. The topological polar surface area (TPSA) is 92.7 Å². The number of hydrogen-bond donors (Lipinski definition) is 1. The number of amides is 1. The van der Waals surface area contributed by atoms with E-state index in [4.69, 9.17) is 5.73 Å². The smallest absolute Gasteiger partial charge is 0.292 e. The molecule has 0 saturated carbocycles. The molecule has 0 radical (unpaired) electrons. The highest BCUT2D eigenvalue weighted by Gasteiger charge is 2.25. The van der Waals surface area contributed by atoms with Gasteiger partial charge in [-0.2, -0.15) is 0 Å². The van der Waals surface area contributed by atoms with Crippen molar-refractivity contribution >= 4 is 17.3 Å². The standard InChI is InChI=1S/C17H26N4O3/c18-10-6-2-1-3-9-17(22)20-13-11-19(12-14-20)15-7-4-5-8-16(15)21(23)24/h4-5,7-8H,1-3,6,9-14,18H2. The lowest BCUT2D eigenvalue weighted by atomic mass is 10.1. The van der Waals surface area contributed by atoms with Crippen LogP contribution in [0.1, 0.15) is 32.1 Å². The first kappa shape index (κ1) is 18.2. The molecule has 1 aliphatic heterocycles. The Morgan fingerprint density at radius 2 is 1.75 bits per heavy atom. The highest BCUT2D eigenvalue weighted by Crippen LogP contribution is 2.28. The van der Waals surface area contributed by atoms with Gasteiger partial charge in [-0.1, -0.05) is 25.0 Å². The number of nitrogens with zero attached hydrogens (tertiary/aromatic N) is 3. The van der Waals surface area contributed by atoms with Crippen molar-refractivity contribution < 1.29 is 9.72 Å². The fourth-order valence-corrected chi connectivity index (χ4v) is 3.01. The van der Waals surface area contributed by atoms with E-state index in [0.29, 0.717) is 44.8 Å². The van der Waals surface area contributed by atoms with Crippen LogP contribution in [0.2, 0.25) is 0 Å². The number of carbonyl (C=O) groups excluding carboxylic acids is 1. The number of piperazine rings is 1. The van der Waals surface area contributed by atoms with E-state index in [-0.39, 0.29) is 16.5 Å². The Morgan fingerprint density at radius 3 is 2.42 bits per heavy atom. The summed E-state index contributed by atoms with van der Waals surface area (Å²) in [6, 6.07) is 6.77. The summed E-state index contributed by atoms with van der Waals surface area (Å²) in [4.78, 5) is 26.9. The molecule has 24 heavy (non-hydrogen) atoms. The van der Waals surface area contributed by atoms with Crippen molar-refractivity contribution in [3.05, 3.63) is 34.4 Å². The molecule has 0 unspecified atom stereocenters. The van der Waals surface area contributed by atoms with Gasteiger partial charge in [0, 0.05) is 38.7 Å². The summed E-state index contributed by atoms with van der Waals surface area (Å²) in [7, 11) is 0. The van der Waals surface area contributed by atoms with Crippen LogP contribution < -0.4 is 10.6 Å². The Bertz CT molecular complexity index is 557. The second kappa shape index (κ2) is 9.22. The van der Waals surface area contributed by atoms with E-state index >= 15 is 0 Å². The van der Waals surface area contributed by atoms with Crippen molar-refractivity contribution in [3.8, 4) is 0 Å². The van der Waals surface area contributed by atoms with Crippen LogP contribution in [0.25, 0.3) is 0 Å². The van der Waals surface area contributed by atoms with Gasteiger partial charge in [0.15, 0.2) is 0 Å². The first-order valence-corrected chi connectivity index (χ1v) is 8.59. The number of para-hydroxylation sites is 2. The molecule has 1 heterocycles. The van der Waals surface area contributed by atoms with Crippen LogP contribution in [0.3, 0.4) is 0 Å². The summed E-state index contributed by atoms with van der Waals surface area (Å²) >= 11 is 0. The Labute approximate surface area is 142 Å². The summed E-state index contributed by atoms with van der Waals surface area (Å²) in [5.41, 5.74) is 6.21. The van der Waals surface area contributed by atoms with Gasteiger partial charge in [0.2, 0.25) is 5.91 Å². The summed E-state index contributed by atoms with van der Waals surface area (Å²) in [5, 5.41) is 11.1. The monoisotopic (exact) mass is 334 g/mol. The molecule has 7 nitrogen and oxygen atoms in total. The zero-order valence-corrected chi connectivity index (χ0v) is 14.0. The lowest BCUT2D eigenvalue weighted by molar-refractivity contribution is -0.384. The predicted octanol–water partition coefficient (Wildman–Crippen LogP) is 2.15. The molecule has 2 N–H and O–H groups in total. The van der Waals surface area contributed by atoms with E-state index in [2.05, 4.69) is 0 Å². The van der Waals surface area contributed by atoms with E-state index in [1.807, 2.05) is 9.80 Å². The highest BCUT2D eigenvalue weighted by molar-refractivity contribution is 5.76. The van der Waals surface area contributed by atoms with Gasteiger partial charge < -0.3 is 15.5 Å². The minimum Gasteiger partial charge on any atom is -0.362 e. The number of carbonyl (C=O) groups is 1. The van der Waals surface area contributed by atoms with E-state index in [9.17, 15) is 14.9 Å².